The average Bonchev–Trinajstić information content (AvgIpc) is 3.31. The van der Waals surface area contributed by atoms with Gasteiger partial charge in [0.1, 0.15) is 24.3 Å². The van der Waals surface area contributed by atoms with E-state index in [-0.39, 0.29) is 17.8 Å². The van der Waals surface area contributed by atoms with Crippen LogP contribution in [0.4, 0.5) is 10.2 Å². The molecule has 3 aromatic rings. The monoisotopic (exact) mass is 433 g/mol. The molecule has 4 atom stereocenters. The van der Waals surface area contributed by atoms with Crippen molar-refractivity contribution in [3.05, 3.63) is 48.5 Å². The third kappa shape index (κ3) is 3.67. The summed E-state index contributed by atoms with van der Waals surface area (Å²) >= 11 is 0. The van der Waals surface area contributed by atoms with Crippen LogP contribution in [-0.4, -0.2) is 56.2 Å². The van der Waals surface area contributed by atoms with Gasteiger partial charge in [-0.1, -0.05) is 6.42 Å². The molecule has 2 saturated heterocycles. The van der Waals surface area contributed by atoms with Crippen molar-refractivity contribution in [2.45, 2.75) is 50.0 Å². The standard InChI is InChI=1S/C23H24FN7O/c1-30(20-9-14-3-2-4-19(27-14)23(20)24)22-8-7-18(28-29-22)17-6-5-16(10-21(17)32)31-12-15(11-25)26-13-31/h5-8,10,12-14,19-20,23,27,32H,2-4,9H2,1H3/t14?,19?,20-,23+/m1/s1. The maximum atomic E-state index is 15.0. The van der Waals surface area contributed by atoms with Crippen LogP contribution in [0, 0.1) is 11.3 Å². The largest absolute Gasteiger partial charge is 0.507 e. The number of piperidine rings is 2. The molecule has 2 N–H and O–H groups in total. The van der Waals surface area contributed by atoms with Crippen LogP contribution >= 0.6 is 0 Å². The third-order valence-electron chi connectivity index (χ3n) is 6.56. The van der Waals surface area contributed by atoms with Gasteiger partial charge in [0.15, 0.2) is 11.5 Å². The summed E-state index contributed by atoms with van der Waals surface area (Å²) in [7, 11) is 1.87. The number of aromatic hydroxyl groups is 1. The number of anilines is 1. The van der Waals surface area contributed by atoms with Gasteiger partial charge in [0.05, 0.1) is 17.4 Å². The average molecular weight is 433 g/mol. The van der Waals surface area contributed by atoms with E-state index in [1.807, 2.05) is 24.1 Å². The molecule has 0 aliphatic carbocycles. The van der Waals surface area contributed by atoms with E-state index >= 15 is 4.39 Å². The Morgan fingerprint density at radius 3 is 2.84 bits per heavy atom. The number of aromatic nitrogens is 4. The summed E-state index contributed by atoms with van der Waals surface area (Å²) in [6, 6.07) is 10.8. The molecular weight excluding hydrogens is 409 g/mol. The summed E-state index contributed by atoms with van der Waals surface area (Å²) < 4.78 is 16.7. The van der Waals surface area contributed by atoms with Gasteiger partial charge >= 0.3 is 0 Å². The molecule has 2 aliphatic heterocycles. The Bertz CT molecular complexity index is 1160. The molecule has 32 heavy (non-hydrogen) atoms. The molecule has 2 unspecified atom stereocenters. The van der Waals surface area contributed by atoms with Crippen molar-refractivity contribution in [2.75, 3.05) is 11.9 Å². The minimum Gasteiger partial charge on any atom is -0.507 e. The second-order valence-electron chi connectivity index (χ2n) is 8.52. The number of rotatable bonds is 4. The number of nitrogens with zero attached hydrogens (tertiary/aromatic N) is 6. The fourth-order valence-corrected chi connectivity index (χ4v) is 4.80. The van der Waals surface area contributed by atoms with Crippen molar-refractivity contribution in [1.82, 2.24) is 25.1 Å². The van der Waals surface area contributed by atoms with Gasteiger partial charge in [-0.05, 0) is 43.5 Å². The van der Waals surface area contributed by atoms with Crippen LogP contribution in [-0.2, 0) is 0 Å². The van der Waals surface area contributed by atoms with Crippen LogP contribution < -0.4 is 10.2 Å². The molecule has 0 saturated carbocycles. The topological polar surface area (TPSA) is 103 Å². The van der Waals surface area contributed by atoms with Crippen LogP contribution in [0.5, 0.6) is 5.75 Å². The van der Waals surface area contributed by atoms with E-state index < -0.39 is 6.17 Å². The summed E-state index contributed by atoms with van der Waals surface area (Å²) in [6.07, 6.45) is 5.96. The third-order valence-corrected chi connectivity index (χ3v) is 6.56. The minimum absolute atomic E-state index is 0.0418. The molecule has 0 spiro atoms. The normalized spacial score (nSPS) is 24.7. The number of hydrogen-bond acceptors (Lipinski definition) is 7. The van der Waals surface area contributed by atoms with Crippen molar-refractivity contribution in [3.8, 4) is 28.8 Å². The Hall–Kier alpha value is -3.51. The SMILES string of the molecule is CN(c1ccc(-c2ccc(-n3cnc(C#N)c3)cc2O)nn1)[C@@H]1CC2CCCC(N2)[C@@H]1F. The van der Waals surface area contributed by atoms with Gasteiger partial charge in [0.25, 0.3) is 0 Å². The minimum atomic E-state index is -0.945. The number of halogens is 1. The van der Waals surface area contributed by atoms with Gasteiger partial charge in [-0.25, -0.2) is 9.37 Å². The van der Waals surface area contributed by atoms with Crippen molar-refractivity contribution in [2.24, 2.45) is 0 Å². The van der Waals surface area contributed by atoms with Crippen molar-refractivity contribution in [1.29, 1.82) is 5.26 Å². The smallest absolute Gasteiger partial charge is 0.158 e. The Morgan fingerprint density at radius 2 is 2.12 bits per heavy atom. The second-order valence-corrected chi connectivity index (χ2v) is 8.52. The highest BCUT2D eigenvalue weighted by molar-refractivity contribution is 5.69. The molecule has 2 fully saturated rings. The molecule has 4 heterocycles. The zero-order chi connectivity index (χ0) is 22.2. The highest BCUT2D eigenvalue weighted by Crippen LogP contribution is 2.33. The number of imidazole rings is 1. The van der Waals surface area contributed by atoms with Gasteiger partial charge in [-0.15, -0.1) is 10.2 Å². The highest BCUT2D eigenvalue weighted by atomic mass is 19.1. The number of benzene rings is 1. The van der Waals surface area contributed by atoms with Gasteiger partial charge in [0, 0.05) is 37.0 Å². The molecule has 0 amide bonds. The highest BCUT2D eigenvalue weighted by Gasteiger charge is 2.41. The fraction of sp³-hybridized carbons (Fsp3) is 0.391. The van der Waals surface area contributed by atoms with Crippen LogP contribution in [0.2, 0.25) is 0 Å². The lowest BCUT2D eigenvalue weighted by molar-refractivity contribution is 0.107. The number of nitriles is 1. The summed E-state index contributed by atoms with van der Waals surface area (Å²) in [4.78, 5) is 5.86. The Morgan fingerprint density at radius 1 is 1.25 bits per heavy atom. The zero-order valence-corrected chi connectivity index (χ0v) is 17.7. The van der Waals surface area contributed by atoms with Crippen molar-refractivity contribution < 1.29 is 9.50 Å². The van der Waals surface area contributed by atoms with Gasteiger partial charge < -0.3 is 19.9 Å². The molecular formula is C23H24FN7O. The quantitative estimate of drug-likeness (QED) is 0.652. The molecule has 9 heteroatoms. The van der Waals surface area contributed by atoms with E-state index in [1.165, 1.54) is 6.33 Å². The number of nitrogens with one attached hydrogen (secondary N) is 1. The Balaban J connectivity index is 1.35. The Kier molecular flexibility index (Phi) is 5.23. The number of phenols is 1. The van der Waals surface area contributed by atoms with Crippen LogP contribution in [0.15, 0.2) is 42.9 Å². The van der Waals surface area contributed by atoms with E-state index in [9.17, 15) is 5.11 Å². The summed E-state index contributed by atoms with van der Waals surface area (Å²) in [5.41, 5.74) is 2.03. The lowest BCUT2D eigenvalue weighted by Gasteiger charge is -2.46. The molecule has 8 nitrogen and oxygen atoms in total. The molecule has 1 aromatic carbocycles. The molecule has 5 rings (SSSR count). The van der Waals surface area contributed by atoms with Gasteiger partial charge in [0.2, 0.25) is 0 Å². The lowest BCUT2D eigenvalue weighted by Crippen LogP contribution is -2.61. The summed E-state index contributed by atoms with van der Waals surface area (Å²) in [6.45, 7) is 0. The Labute approximate surface area is 185 Å². The van der Waals surface area contributed by atoms with E-state index in [1.54, 1.807) is 35.0 Å². The van der Waals surface area contributed by atoms with E-state index in [0.29, 0.717) is 34.5 Å². The predicted octanol–water partition coefficient (Wildman–Crippen LogP) is 2.96. The first-order valence-corrected chi connectivity index (χ1v) is 10.8. The van der Waals surface area contributed by atoms with Crippen LogP contribution in [0.25, 0.3) is 16.9 Å². The predicted molar refractivity (Wildman–Crippen MR) is 117 cm³/mol. The van der Waals surface area contributed by atoms with Crippen LogP contribution in [0.1, 0.15) is 31.4 Å². The summed E-state index contributed by atoms with van der Waals surface area (Å²) in [5, 5.41) is 31.5. The van der Waals surface area contributed by atoms with Crippen molar-refractivity contribution in [3.63, 3.8) is 0 Å². The van der Waals surface area contributed by atoms with E-state index in [4.69, 9.17) is 5.26 Å². The number of fused-ring (bicyclic) bond motifs is 2. The van der Waals surface area contributed by atoms with Crippen LogP contribution in [0.3, 0.4) is 0 Å². The van der Waals surface area contributed by atoms with E-state index in [0.717, 1.165) is 25.7 Å². The number of phenolic OH excluding ortho intramolecular Hbond substituents is 1. The maximum Gasteiger partial charge on any atom is 0.158 e. The van der Waals surface area contributed by atoms with Crippen molar-refractivity contribution >= 4 is 5.82 Å². The first-order chi connectivity index (χ1) is 15.5. The van der Waals surface area contributed by atoms with Gasteiger partial charge in [-0.2, -0.15) is 5.26 Å². The number of alkyl halides is 1. The zero-order valence-electron chi connectivity index (χ0n) is 17.7. The maximum absolute atomic E-state index is 15.0. The first-order valence-electron chi connectivity index (χ1n) is 10.8. The van der Waals surface area contributed by atoms with E-state index in [2.05, 4.69) is 20.5 Å². The lowest BCUT2D eigenvalue weighted by atomic mass is 9.82. The van der Waals surface area contributed by atoms with Gasteiger partial charge in [-0.3, -0.25) is 0 Å². The molecule has 2 aromatic heterocycles. The molecule has 2 bridgehead atoms. The molecule has 164 valence electrons. The molecule has 0 radical (unpaired) electrons. The first kappa shape index (κ1) is 20.4. The fourth-order valence-electron chi connectivity index (χ4n) is 4.80. The summed E-state index contributed by atoms with van der Waals surface area (Å²) in [5.74, 6) is 0.653. The molecule has 2 aliphatic rings. The number of hydrogen-bond donors (Lipinski definition) is 2. The second kappa shape index (κ2) is 8.20.